The highest BCUT2D eigenvalue weighted by Crippen LogP contribution is 2.38. The number of aliphatic imine (C=N–C) groups is 1. The highest BCUT2D eigenvalue weighted by molar-refractivity contribution is 6.18. The van der Waals surface area contributed by atoms with Gasteiger partial charge in [0, 0.05) is 56.7 Å². The molecule has 0 spiro atoms. The Bertz CT molecular complexity index is 1760. The van der Waals surface area contributed by atoms with Gasteiger partial charge in [0.05, 0.1) is 30.1 Å². The Morgan fingerprint density at radius 1 is 1.23 bits per heavy atom. The second kappa shape index (κ2) is 14.7. The summed E-state index contributed by atoms with van der Waals surface area (Å²) >= 11 is 0. The van der Waals surface area contributed by atoms with Crippen LogP contribution in [-0.4, -0.2) is 82.4 Å². The smallest absolute Gasteiger partial charge is 0.258 e. The summed E-state index contributed by atoms with van der Waals surface area (Å²) in [6.45, 7) is 15.1. The number of hydrogen-bond acceptors (Lipinski definition) is 9. The van der Waals surface area contributed by atoms with Gasteiger partial charge in [-0.3, -0.25) is 14.3 Å². The molecule has 3 heterocycles. The molecule has 252 valence electrons. The Morgan fingerprint density at radius 2 is 1.94 bits per heavy atom. The summed E-state index contributed by atoms with van der Waals surface area (Å²) in [6, 6.07) is 12.1. The Kier molecular flexibility index (Phi) is 10.5. The number of nitriles is 1. The van der Waals surface area contributed by atoms with E-state index in [4.69, 9.17) is 15.5 Å². The molecule has 1 aromatic heterocycles. The van der Waals surface area contributed by atoms with Crippen molar-refractivity contribution in [2.75, 3.05) is 51.0 Å². The number of nitrogens with two attached hydrogens (primary N) is 1. The van der Waals surface area contributed by atoms with Gasteiger partial charge < -0.3 is 30.9 Å². The molecule has 3 aromatic rings. The molecule has 2 aliphatic heterocycles. The predicted molar refractivity (Wildman–Crippen MR) is 186 cm³/mol. The first-order chi connectivity index (χ1) is 23.1. The van der Waals surface area contributed by atoms with Crippen molar-refractivity contribution in [1.82, 2.24) is 24.3 Å². The number of imidazole rings is 1. The first-order valence-electron chi connectivity index (χ1n) is 16.0. The van der Waals surface area contributed by atoms with Crippen LogP contribution in [0.15, 0.2) is 66.3 Å². The standard InChI is InChI=1S/C35H43FN10O2/c1-7-30-33-29(18-37)39-21-45(33)31(19-38)34(46(30)22(2)3)41-23(4)40-28-17-27(36)26(16-32(28)48-6)35(47)42-25-10-8-24(9-11-25)20-44-14-12-43(5)13-15-44/h8-11,16-17,19,21-22,30,40H,4,7,12-15,20,38H2,1-3,5-6H3,(H,42,47)/b31-19+,41-34?/t30-/m1/s1. The second-order valence-corrected chi connectivity index (χ2v) is 12.2. The number of hydrogen-bond donors (Lipinski definition) is 3. The van der Waals surface area contributed by atoms with Gasteiger partial charge in [-0.25, -0.2) is 14.4 Å². The fraction of sp³-hybridized carbons (Fsp3) is 0.371. The molecule has 2 aromatic carbocycles. The van der Waals surface area contributed by atoms with Gasteiger partial charge in [0.1, 0.15) is 35.5 Å². The van der Waals surface area contributed by atoms with Gasteiger partial charge in [-0.1, -0.05) is 25.6 Å². The van der Waals surface area contributed by atoms with Crippen LogP contribution in [0.5, 0.6) is 5.75 Å². The number of nitrogens with one attached hydrogen (secondary N) is 2. The lowest BCUT2D eigenvalue weighted by molar-refractivity contribution is 0.102. The summed E-state index contributed by atoms with van der Waals surface area (Å²) in [5.74, 6) is -0.428. The first-order valence-corrected chi connectivity index (χ1v) is 16.0. The molecule has 1 saturated heterocycles. The highest BCUT2D eigenvalue weighted by atomic mass is 19.1. The van der Waals surface area contributed by atoms with E-state index in [1.165, 1.54) is 25.4 Å². The summed E-state index contributed by atoms with van der Waals surface area (Å²) in [7, 11) is 3.56. The molecule has 4 N–H and O–H groups in total. The molecule has 0 radical (unpaired) electrons. The van der Waals surface area contributed by atoms with E-state index in [-0.39, 0.29) is 34.9 Å². The number of benzene rings is 2. The van der Waals surface area contributed by atoms with E-state index in [1.54, 1.807) is 10.9 Å². The quantitative estimate of drug-likeness (QED) is 0.281. The number of rotatable bonds is 10. The van der Waals surface area contributed by atoms with Crippen LogP contribution >= 0.6 is 0 Å². The summed E-state index contributed by atoms with van der Waals surface area (Å²) in [4.78, 5) is 29.0. The molecule has 48 heavy (non-hydrogen) atoms. The number of halogens is 1. The third-order valence-electron chi connectivity index (χ3n) is 8.66. The zero-order valence-electron chi connectivity index (χ0n) is 28.1. The van der Waals surface area contributed by atoms with Gasteiger partial charge >= 0.3 is 0 Å². The number of aromatic nitrogens is 2. The van der Waals surface area contributed by atoms with E-state index in [0.717, 1.165) is 44.0 Å². The van der Waals surface area contributed by atoms with Crippen LogP contribution in [0.25, 0.3) is 5.70 Å². The maximum absolute atomic E-state index is 15.5. The summed E-state index contributed by atoms with van der Waals surface area (Å²) in [5.41, 5.74) is 9.45. The zero-order chi connectivity index (χ0) is 34.5. The number of methoxy groups -OCH3 is 1. The fourth-order valence-electron chi connectivity index (χ4n) is 6.20. The van der Waals surface area contributed by atoms with Crippen LogP contribution in [0.2, 0.25) is 0 Å². The van der Waals surface area contributed by atoms with Crippen molar-refractivity contribution in [2.24, 2.45) is 10.7 Å². The zero-order valence-corrected chi connectivity index (χ0v) is 28.1. The van der Waals surface area contributed by atoms with Crippen LogP contribution in [0.3, 0.4) is 0 Å². The number of amides is 1. The van der Waals surface area contributed by atoms with Crippen LogP contribution in [-0.2, 0) is 6.54 Å². The number of anilines is 2. The topological polar surface area (TPSA) is 140 Å². The fourth-order valence-corrected chi connectivity index (χ4v) is 6.20. The predicted octanol–water partition coefficient (Wildman–Crippen LogP) is 4.82. The average molecular weight is 655 g/mol. The molecule has 0 saturated carbocycles. The Hall–Kier alpha value is -5.19. The van der Waals surface area contributed by atoms with E-state index < -0.39 is 11.7 Å². The van der Waals surface area contributed by atoms with Crippen molar-refractivity contribution in [3.05, 3.63) is 89.7 Å². The Morgan fingerprint density at radius 3 is 2.54 bits per heavy atom. The Balaban J connectivity index is 1.33. The molecule has 0 unspecified atom stereocenters. The lowest BCUT2D eigenvalue weighted by Crippen LogP contribution is -2.46. The maximum Gasteiger partial charge on any atom is 0.258 e. The highest BCUT2D eigenvalue weighted by Gasteiger charge is 2.37. The molecular formula is C35H43FN10O2. The van der Waals surface area contributed by atoms with E-state index in [0.29, 0.717) is 29.3 Å². The number of likely N-dealkylation sites (N-methyl/N-ethyl adjacent to an activating group) is 1. The molecular weight excluding hydrogens is 611 g/mol. The van der Waals surface area contributed by atoms with Crippen LogP contribution in [0.1, 0.15) is 60.5 Å². The largest absolute Gasteiger partial charge is 0.495 e. The van der Waals surface area contributed by atoms with E-state index in [2.05, 4.69) is 50.0 Å². The Labute approximate surface area is 281 Å². The molecule has 1 fully saturated rings. The number of amidine groups is 1. The van der Waals surface area contributed by atoms with Crippen molar-refractivity contribution in [2.45, 2.75) is 45.8 Å². The minimum absolute atomic E-state index is 0.0235. The molecule has 0 aliphatic carbocycles. The van der Waals surface area contributed by atoms with Gasteiger partial charge in [-0.2, -0.15) is 5.26 Å². The molecule has 0 bridgehead atoms. The van der Waals surface area contributed by atoms with E-state index in [9.17, 15) is 10.1 Å². The first kappa shape index (κ1) is 34.2. The minimum Gasteiger partial charge on any atom is -0.495 e. The van der Waals surface area contributed by atoms with Crippen molar-refractivity contribution in [3.8, 4) is 11.8 Å². The summed E-state index contributed by atoms with van der Waals surface area (Å²) < 4.78 is 22.8. The third-order valence-corrected chi connectivity index (χ3v) is 8.66. The van der Waals surface area contributed by atoms with Crippen molar-refractivity contribution in [3.63, 3.8) is 0 Å². The van der Waals surface area contributed by atoms with E-state index in [1.807, 2.05) is 45.0 Å². The summed E-state index contributed by atoms with van der Waals surface area (Å²) in [5, 5.41) is 15.5. The summed E-state index contributed by atoms with van der Waals surface area (Å²) in [6.07, 6.45) is 3.65. The molecule has 2 aliphatic rings. The third kappa shape index (κ3) is 7.05. The number of carbonyl (C=O) groups excluding carboxylic acids is 1. The van der Waals surface area contributed by atoms with Crippen LogP contribution in [0.4, 0.5) is 15.8 Å². The number of nitrogens with zero attached hydrogens (tertiary/aromatic N) is 7. The molecule has 13 heteroatoms. The maximum atomic E-state index is 15.5. The monoisotopic (exact) mass is 654 g/mol. The van der Waals surface area contributed by atoms with Crippen molar-refractivity contribution >= 4 is 28.8 Å². The second-order valence-electron chi connectivity index (χ2n) is 12.2. The molecule has 5 rings (SSSR count). The normalized spacial score (nSPS) is 18.5. The van der Waals surface area contributed by atoms with Crippen molar-refractivity contribution in [1.29, 1.82) is 5.26 Å². The van der Waals surface area contributed by atoms with E-state index >= 15 is 4.39 Å². The SMILES string of the molecule is C=C(N=C1/C(=C\N)n2cnc(C#N)c2[C@@H](CC)N1C(C)C)Nc1cc(F)c(C(=O)Nc2ccc(CN3CCN(C)CC3)cc2)cc1OC. The molecule has 1 amide bonds. The lowest BCUT2D eigenvalue weighted by Gasteiger charge is -2.42. The number of carbonyl (C=O) groups is 1. The van der Waals surface area contributed by atoms with Gasteiger partial charge in [-0.05, 0) is 51.1 Å². The number of piperazine rings is 1. The van der Waals surface area contributed by atoms with Crippen LogP contribution in [0, 0.1) is 17.1 Å². The van der Waals surface area contributed by atoms with Gasteiger partial charge in [0.15, 0.2) is 11.5 Å². The number of fused-ring (bicyclic) bond motifs is 1. The molecule has 1 atom stereocenters. The van der Waals surface area contributed by atoms with Crippen molar-refractivity contribution < 1.29 is 13.9 Å². The number of ether oxygens (including phenoxy) is 1. The minimum atomic E-state index is -0.745. The molecule has 12 nitrogen and oxygen atoms in total. The lowest BCUT2D eigenvalue weighted by atomic mass is 10.0. The van der Waals surface area contributed by atoms with Gasteiger partial charge in [0.2, 0.25) is 0 Å². The van der Waals surface area contributed by atoms with Crippen LogP contribution < -0.4 is 21.1 Å². The van der Waals surface area contributed by atoms with Gasteiger partial charge in [-0.15, -0.1) is 0 Å². The average Bonchev–Trinajstić information content (AvgIpc) is 3.49. The van der Waals surface area contributed by atoms with Gasteiger partial charge in [0.25, 0.3) is 5.91 Å².